The van der Waals surface area contributed by atoms with Crippen molar-refractivity contribution in [1.29, 1.82) is 0 Å². The van der Waals surface area contributed by atoms with Crippen LogP contribution < -0.4 is 0 Å². The molecule has 1 aliphatic heterocycles. The summed E-state index contributed by atoms with van der Waals surface area (Å²) < 4.78 is 5.51. The molecule has 1 aromatic carbocycles. The largest absolute Gasteiger partial charge is 0.369 e. The van der Waals surface area contributed by atoms with E-state index in [9.17, 15) is 9.59 Å². The van der Waals surface area contributed by atoms with Gasteiger partial charge in [-0.25, -0.2) is 0 Å². The third-order valence-electron chi connectivity index (χ3n) is 4.65. The topological polar surface area (TPSA) is 65.6 Å². The van der Waals surface area contributed by atoms with Crippen molar-refractivity contribution in [2.75, 3.05) is 32.8 Å². The molecule has 1 atom stereocenters. The van der Waals surface area contributed by atoms with Crippen LogP contribution in [-0.2, 0) is 9.53 Å². The molecule has 6 heteroatoms. The number of nitrogens with one attached hydrogen (secondary N) is 1. The maximum atomic E-state index is 12.7. The molecule has 1 aliphatic rings. The van der Waals surface area contributed by atoms with Crippen LogP contribution in [0.15, 0.2) is 30.3 Å². The third-order valence-corrected chi connectivity index (χ3v) is 4.65. The SMILES string of the molecule is CCO[C@H](CC)C(=O)N1CCN(C(=O)c2cc3ccccc3[nH]2)CC1. The van der Waals surface area contributed by atoms with Gasteiger partial charge in [0.05, 0.1) is 0 Å². The summed E-state index contributed by atoms with van der Waals surface area (Å²) in [5, 5.41) is 1.03. The normalized spacial score (nSPS) is 16.2. The van der Waals surface area contributed by atoms with E-state index < -0.39 is 0 Å². The van der Waals surface area contributed by atoms with E-state index in [1.54, 1.807) is 9.80 Å². The number of H-pyrrole nitrogens is 1. The molecule has 0 saturated carbocycles. The molecule has 0 radical (unpaired) electrons. The number of benzene rings is 1. The van der Waals surface area contributed by atoms with Crippen LogP contribution in [0.2, 0.25) is 0 Å². The summed E-state index contributed by atoms with van der Waals surface area (Å²) in [4.78, 5) is 32.0. The number of para-hydroxylation sites is 1. The number of hydrogen-bond donors (Lipinski definition) is 1. The number of hydrogen-bond acceptors (Lipinski definition) is 3. The van der Waals surface area contributed by atoms with Crippen molar-refractivity contribution < 1.29 is 14.3 Å². The van der Waals surface area contributed by atoms with Crippen LogP contribution in [-0.4, -0.2) is 65.5 Å². The average Bonchev–Trinajstić information content (AvgIpc) is 3.09. The predicted octanol–water partition coefficient (Wildman–Crippen LogP) is 2.27. The summed E-state index contributed by atoms with van der Waals surface area (Å²) in [6.07, 6.45) is 0.293. The molecule has 1 aromatic heterocycles. The van der Waals surface area contributed by atoms with Gasteiger partial charge in [0.1, 0.15) is 11.8 Å². The number of carbonyl (C=O) groups excluding carboxylic acids is 2. The van der Waals surface area contributed by atoms with Gasteiger partial charge in [-0.1, -0.05) is 25.1 Å². The van der Waals surface area contributed by atoms with E-state index >= 15 is 0 Å². The molecule has 2 heterocycles. The predicted molar refractivity (Wildman–Crippen MR) is 96.5 cm³/mol. The molecule has 6 nitrogen and oxygen atoms in total. The van der Waals surface area contributed by atoms with Gasteiger partial charge >= 0.3 is 0 Å². The second-order valence-corrected chi connectivity index (χ2v) is 6.24. The number of carbonyl (C=O) groups is 2. The van der Waals surface area contributed by atoms with E-state index in [0.29, 0.717) is 44.9 Å². The Balaban J connectivity index is 1.61. The van der Waals surface area contributed by atoms with Crippen LogP contribution >= 0.6 is 0 Å². The van der Waals surface area contributed by atoms with Crippen molar-refractivity contribution in [3.05, 3.63) is 36.0 Å². The van der Waals surface area contributed by atoms with Crippen LogP contribution in [0.1, 0.15) is 30.8 Å². The van der Waals surface area contributed by atoms with E-state index in [-0.39, 0.29) is 17.9 Å². The highest BCUT2D eigenvalue weighted by Crippen LogP contribution is 2.17. The molecule has 1 fully saturated rings. The van der Waals surface area contributed by atoms with Gasteiger partial charge in [-0.05, 0) is 25.5 Å². The van der Waals surface area contributed by atoms with Crippen molar-refractivity contribution in [3.63, 3.8) is 0 Å². The van der Waals surface area contributed by atoms with Gasteiger partial charge in [0.15, 0.2) is 0 Å². The smallest absolute Gasteiger partial charge is 0.270 e. The molecule has 25 heavy (non-hydrogen) atoms. The van der Waals surface area contributed by atoms with Gasteiger partial charge in [-0.15, -0.1) is 0 Å². The average molecular weight is 343 g/mol. The number of amides is 2. The van der Waals surface area contributed by atoms with Crippen molar-refractivity contribution in [3.8, 4) is 0 Å². The van der Waals surface area contributed by atoms with E-state index in [1.807, 2.05) is 44.2 Å². The van der Waals surface area contributed by atoms with Crippen LogP contribution in [0, 0.1) is 0 Å². The monoisotopic (exact) mass is 343 g/mol. The molecular formula is C19H25N3O3. The number of nitrogens with zero attached hydrogens (tertiary/aromatic N) is 2. The highest BCUT2D eigenvalue weighted by molar-refractivity contribution is 5.98. The van der Waals surface area contributed by atoms with E-state index in [4.69, 9.17) is 4.74 Å². The number of aromatic amines is 1. The van der Waals surface area contributed by atoms with Crippen molar-refractivity contribution in [2.24, 2.45) is 0 Å². The zero-order valence-corrected chi connectivity index (χ0v) is 14.8. The standard InChI is InChI=1S/C19H25N3O3/c1-3-17(25-4-2)19(24)22-11-9-21(10-12-22)18(23)16-13-14-7-5-6-8-15(14)20-16/h5-8,13,17,20H,3-4,9-12H2,1-2H3/t17-/m1/s1. The van der Waals surface area contributed by atoms with Gasteiger partial charge in [-0.3, -0.25) is 9.59 Å². The molecule has 0 bridgehead atoms. The summed E-state index contributed by atoms with van der Waals surface area (Å²) in [6.45, 7) is 6.57. The highest BCUT2D eigenvalue weighted by Gasteiger charge is 2.29. The highest BCUT2D eigenvalue weighted by atomic mass is 16.5. The summed E-state index contributed by atoms with van der Waals surface area (Å²) in [6, 6.07) is 9.73. The molecule has 0 unspecified atom stereocenters. The summed E-state index contributed by atoms with van der Waals surface area (Å²) >= 11 is 0. The molecule has 1 saturated heterocycles. The first-order chi connectivity index (χ1) is 12.1. The quantitative estimate of drug-likeness (QED) is 0.906. The third kappa shape index (κ3) is 3.69. The molecule has 134 valence electrons. The van der Waals surface area contributed by atoms with Gasteiger partial charge in [-0.2, -0.15) is 0 Å². The zero-order valence-electron chi connectivity index (χ0n) is 14.8. The van der Waals surface area contributed by atoms with Crippen LogP contribution in [0.4, 0.5) is 0 Å². The second kappa shape index (κ2) is 7.70. The zero-order chi connectivity index (χ0) is 17.8. The Kier molecular flexibility index (Phi) is 5.38. The minimum Gasteiger partial charge on any atom is -0.369 e. The number of ether oxygens (including phenoxy) is 1. The summed E-state index contributed by atoms with van der Waals surface area (Å²) in [5.74, 6) is 0.0159. The fourth-order valence-electron chi connectivity index (χ4n) is 3.26. The van der Waals surface area contributed by atoms with Crippen molar-refractivity contribution >= 4 is 22.7 Å². The lowest BCUT2D eigenvalue weighted by atomic mass is 10.2. The first-order valence-electron chi connectivity index (χ1n) is 8.91. The summed E-state index contributed by atoms with van der Waals surface area (Å²) in [7, 11) is 0. The molecule has 0 spiro atoms. The molecule has 1 N–H and O–H groups in total. The molecular weight excluding hydrogens is 318 g/mol. The Morgan fingerprint density at radius 2 is 1.80 bits per heavy atom. The maximum absolute atomic E-state index is 12.7. The Labute approximate surface area is 147 Å². The van der Waals surface area contributed by atoms with E-state index in [1.165, 1.54) is 0 Å². The molecule has 2 amide bonds. The lowest BCUT2D eigenvalue weighted by Crippen LogP contribution is -2.53. The lowest BCUT2D eigenvalue weighted by molar-refractivity contribution is -0.145. The maximum Gasteiger partial charge on any atom is 0.270 e. The molecule has 3 rings (SSSR count). The van der Waals surface area contributed by atoms with Gasteiger partial charge in [0.25, 0.3) is 11.8 Å². The number of rotatable bonds is 5. The van der Waals surface area contributed by atoms with Gasteiger partial charge in [0, 0.05) is 43.7 Å². The number of piperazine rings is 1. The van der Waals surface area contributed by atoms with Crippen molar-refractivity contribution in [2.45, 2.75) is 26.4 Å². The van der Waals surface area contributed by atoms with Crippen molar-refractivity contribution in [1.82, 2.24) is 14.8 Å². The van der Waals surface area contributed by atoms with E-state index in [0.717, 1.165) is 10.9 Å². The number of aromatic nitrogens is 1. The summed E-state index contributed by atoms with van der Waals surface area (Å²) in [5.41, 5.74) is 1.56. The minimum atomic E-state index is -0.374. The lowest BCUT2D eigenvalue weighted by Gasteiger charge is -2.36. The van der Waals surface area contributed by atoms with E-state index in [2.05, 4.69) is 4.98 Å². The van der Waals surface area contributed by atoms with Crippen LogP contribution in [0.3, 0.4) is 0 Å². The van der Waals surface area contributed by atoms with Gasteiger partial charge < -0.3 is 19.5 Å². The first-order valence-corrected chi connectivity index (χ1v) is 8.91. The Morgan fingerprint density at radius 1 is 1.12 bits per heavy atom. The fourth-order valence-corrected chi connectivity index (χ4v) is 3.26. The van der Waals surface area contributed by atoms with Crippen LogP contribution in [0.25, 0.3) is 10.9 Å². The molecule has 2 aromatic rings. The minimum absolute atomic E-state index is 0.0138. The number of fused-ring (bicyclic) bond motifs is 1. The fraction of sp³-hybridized carbons (Fsp3) is 0.474. The Bertz CT molecular complexity index is 714. The second-order valence-electron chi connectivity index (χ2n) is 6.24. The molecule has 0 aliphatic carbocycles. The first kappa shape index (κ1) is 17.5. The Hall–Kier alpha value is -2.34. The van der Waals surface area contributed by atoms with Crippen LogP contribution in [0.5, 0.6) is 0 Å². The van der Waals surface area contributed by atoms with Gasteiger partial charge in [0.2, 0.25) is 0 Å². The Morgan fingerprint density at radius 3 is 2.44 bits per heavy atom.